The van der Waals surface area contributed by atoms with E-state index in [1.165, 1.54) is 12.1 Å². The molecule has 0 bridgehead atoms. The van der Waals surface area contributed by atoms with Gasteiger partial charge in [-0.05, 0) is 47.0 Å². The first-order chi connectivity index (χ1) is 9.92. The largest absolute Gasteiger partial charge is 0.290 e. The Balaban J connectivity index is 2.02. The lowest BCUT2D eigenvalue weighted by Gasteiger charge is -2.30. The Morgan fingerprint density at radius 3 is 2.67 bits per heavy atom. The van der Waals surface area contributed by atoms with E-state index < -0.39 is 10.0 Å². The molecule has 2 rings (SSSR count). The minimum Gasteiger partial charge on any atom is -0.290 e. The van der Waals surface area contributed by atoms with Crippen LogP contribution in [0, 0.1) is 11.3 Å². The van der Waals surface area contributed by atoms with Gasteiger partial charge < -0.3 is 0 Å². The molecule has 1 aliphatic rings. The van der Waals surface area contributed by atoms with Crippen molar-refractivity contribution in [2.75, 3.05) is 19.6 Å². The Morgan fingerprint density at radius 2 is 2.10 bits per heavy atom. The fourth-order valence-electron chi connectivity index (χ4n) is 2.24. The summed E-state index contributed by atoms with van der Waals surface area (Å²) in [6, 6.07) is 6.54. The maximum atomic E-state index is 12.3. The molecule has 1 aromatic carbocycles. The summed E-state index contributed by atoms with van der Waals surface area (Å²) in [5.74, 6) is 0. The molecule has 0 aliphatic carbocycles. The van der Waals surface area contributed by atoms with Gasteiger partial charge in [-0.1, -0.05) is 11.6 Å². The summed E-state index contributed by atoms with van der Waals surface area (Å²) >= 11 is 9.10. The Labute approximate surface area is 138 Å². The maximum absolute atomic E-state index is 12.3. The highest BCUT2D eigenvalue weighted by Crippen LogP contribution is 2.25. The van der Waals surface area contributed by atoms with Crippen molar-refractivity contribution in [1.82, 2.24) is 9.62 Å². The Kier molecular flexibility index (Phi) is 5.63. The molecule has 0 spiro atoms. The summed E-state index contributed by atoms with van der Waals surface area (Å²) in [7, 11) is -3.55. The van der Waals surface area contributed by atoms with Crippen LogP contribution >= 0.6 is 27.5 Å². The van der Waals surface area contributed by atoms with Crippen LogP contribution in [0.5, 0.6) is 0 Å². The topological polar surface area (TPSA) is 73.2 Å². The van der Waals surface area contributed by atoms with Crippen LogP contribution in [0.2, 0.25) is 5.02 Å². The fourth-order valence-corrected chi connectivity index (χ4v) is 4.22. The number of halogens is 2. The van der Waals surface area contributed by atoms with E-state index in [4.69, 9.17) is 16.9 Å². The third-order valence-electron chi connectivity index (χ3n) is 3.41. The van der Waals surface area contributed by atoms with Crippen molar-refractivity contribution in [2.24, 2.45) is 0 Å². The normalized spacial score (nSPS) is 17.6. The number of nitrogens with zero attached hydrogens (tertiary/aromatic N) is 2. The molecule has 1 N–H and O–H groups in total. The second-order valence-corrected chi connectivity index (χ2v) is 7.88. The van der Waals surface area contributed by atoms with Crippen molar-refractivity contribution in [3.63, 3.8) is 0 Å². The molecule has 0 amide bonds. The summed E-state index contributed by atoms with van der Waals surface area (Å²) < 4.78 is 27.9. The minimum absolute atomic E-state index is 0.0978. The van der Waals surface area contributed by atoms with Gasteiger partial charge in [0.1, 0.15) is 0 Å². The third kappa shape index (κ3) is 4.41. The molecule has 21 heavy (non-hydrogen) atoms. The van der Waals surface area contributed by atoms with E-state index >= 15 is 0 Å². The van der Waals surface area contributed by atoms with E-state index in [0.717, 1.165) is 13.1 Å². The van der Waals surface area contributed by atoms with Crippen molar-refractivity contribution in [1.29, 1.82) is 5.26 Å². The number of piperidine rings is 1. The van der Waals surface area contributed by atoms with E-state index in [-0.39, 0.29) is 10.9 Å². The lowest BCUT2D eigenvalue weighted by molar-refractivity contribution is 0.229. The number of hydrogen-bond donors (Lipinski definition) is 1. The van der Waals surface area contributed by atoms with Gasteiger partial charge in [0.15, 0.2) is 0 Å². The molecule has 0 aromatic heterocycles. The van der Waals surface area contributed by atoms with Gasteiger partial charge in [0, 0.05) is 23.6 Å². The second kappa shape index (κ2) is 7.07. The summed E-state index contributed by atoms with van der Waals surface area (Å²) in [5, 5.41) is 9.12. The minimum atomic E-state index is -3.55. The van der Waals surface area contributed by atoms with Gasteiger partial charge in [-0.25, -0.2) is 13.1 Å². The van der Waals surface area contributed by atoms with Gasteiger partial charge in [-0.3, -0.25) is 4.90 Å². The zero-order valence-corrected chi connectivity index (χ0v) is 14.4. The van der Waals surface area contributed by atoms with Gasteiger partial charge >= 0.3 is 0 Å². The van der Waals surface area contributed by atoms with Crippen LogP contribution in [-0.4, -0.2) is 39.0 Å². The standard InChI is InChI=1S/C13H15BrClN3O2S/c14-12-9-11(1-2-13(12)15)21(19,20)17-10-3-6-18(7-4-10)8-5-16/h1-2,9-10,17H,3-4,6-8H2. The van der Waals surface area contributed by atoms with Gasteiger partial charge in [0.2, 0.25) is 10.0 Å². The van der Waals surface area contributed by atoms with E-state index in [1.54, 1.807) is 6.07 Å². The quantitative estimate of drug-likeness (QED) is 0.798. The van der Waals surface area contributed by atoms with Crippen molar-refractivity contribution in [3.05, 3.63) is 27.7 Å². The van der Waals surface area contributed by atoms with Crippen molar-refractivity contribution in [3.8, 4) is 6.07 Å². The number of hydrogen-bond acceptors (Lipinski definition) is 4. The molecule has 0 saturated carbocycles. The number of nitriles is 1. The predicted molar refractivity (Wildman–Crippen MR) is 84.5 cm³/mol. The van der Waals surface area contributed by atoms with Crippen LogP contribution in [-0.2, 0) is 10.0 Å². The van der Waals surface area contributed by atoms with Crippen molar-refractivity contribution < 1.29 is 8.42 Å². The van der Waals surface area contributed by atoms with Crippen LogP contribution in [0.1, 0.15) is 12.8 Å². The molecular weight excluding hydrogens is 378 g/mol. The number of benzene rings is 1. The van der Waals surface area contributed by atoms with Gasteiger partial charge in [0.25, 0.3) is 0 Å². The van der Waals surface area contributed by atoms with Gasteiger partial charge in [-0.2, -0.15) is 5.26 Å². The first kappa shape index (κ1) is 16.7. The van der Waals surface area contributed by atoms with Gasteiger partial charge in [0.05, 0.1) is 22.5 Å². The number of rotatable bonds is 4. The third-order valence-corrected chi connectivity index (χ3v) is 6.14. The number of nitrogens with one attached hydrogen (secondary N) is 1. The molecule has 0 unspecified atom stereocenters. The van der Waals surface area contributed by atoms with E-state index in [0.29, 0.717) is 28.9 Å². The zero-order valence-electron chi connectivity index (χ0n) is 11.2. The fraction of sp³-hybridized carbons (Fsp3) is 0.462. The smallest absolute Gasteiger partial charge is 0.240 e. The Bertz CT molecular complexity index is 652. The maximum Gasteiger partial charge on any atom is 0.240 e. The zero-order chi connectivity index (χ0) is 15.5. The average Bonchev–Trinajstić information content (AvgIpc) is 2.44. The SMILES string of the molecule is N#CCN1CCC(NS(=O)(=O)c2ccc(Cl)c(Br)c2)CC1. The van der Waals surface area contributed by atoms with Crippen LogP contribution in [0.15, 0.2) is 27.6 Å². The lowest BCUT2D eigenvalue weighted by atomic mass is 10.1. The summed E-state index contributed by atoms with van der Waals surface area (Å²) in [4.78, 5) is 2.21. The predicted octanol–water partition coefficient (Wildman–Crippen LogP) is 2.37. The number of likely N-dealkylation sites (tertiary alicyclic amines) is 1. The van der Waals surface area contributed by atoms with Crippen LogP contribution in [0.25, 0.3) is 0 Å². The summed E-state index contributed by atoms with van der Waals surface area (Å²) in [6.45, 7) is 1.85. The van der Waals surface area contributed by atoms with Crippen molar-refractivity contribution >= 4 is 37.6 Å². The highest BCUT2D eigenvalue weighted by molar-refractivity contribution is 9.10. The van der Waals surface area contributed by atoms with Crippen LogP contribution in [0.3, 0.4) is 0 Å². The van der Waals surface area contributed by atoms with E-state index in [9.17, 15) is 8.42 Å². The lowest BCUT2D eigenvalue weighted by Crippen LogP contribution is -2.44. The molecule has 1 aliphatic heterocycles. The van der Waals surface area contributed by atoms with Crippen molar-refractivity contribution in [2.45, 2.75) is 23.8 Å². The molecule has 114 valence electrons. The first-order valence-electron chi connectivity index (χ1n) is 6.49. The molecule has 5 nitrogen and oxygen atoms in total. The summed E-state index contributed by atoms with van der Waals surface area (Å²) in [6.07, 6.45) is 1.41. The van der Waals surface area contributed by atoms with E-state index in [1.807, 2.05) is 4.90 Å². The molecular formula is C13H15BrClN3O2S. The molecule has 1 saturated heterocycles. The molecule has 1 fully saturated rings. The molecule has 1 aromatic rings. The number of sulfonamides is 1. The highest BCUT2D eigenvalue weighted by atomic mass is 79.9. The molecule has 8 heteroatoms. The Morgan fingerprint density at radius 1 is 1.43 bits per heavy atom. The Hall–Kier alpha value is -0.650. The monoisotopic (exact) mass is 391 g/mol. The average molecular weight is 393 g/mol. The second-order valence-electron chi connectivity index (χ2n) is 4.91. The van der Waals surface area contributed by atoms with E-state index in [2.05, 4.69) is 26.7 Å². The molecule has 0 atom stereocenters. The molecule has 0 radical (unpaired) electrons. The summed E-state index contributed by atoms with van der Waals surface area (Å²) in [5.41, 5.74) is 0. The first-order valence-corrected chi connectivity index (χ1v) is 9.14. The van der Waals surface area contributed by atoms with Gasteiger partial charge in [-0.15, -0.1) is 0 Å². The van der Waals surface area contributed by atoms with Crippen LogP contribution in [0.4, 0.5) is 0 Å². The van der Waals surface area contributed by atoms with Crippen LogP contribution < -0.4 is 4.72 Å². The highest BCUT2D eigenvalue weighted by Gasteiger charge is 2.24. The molecule has 1 heterocycles.